The van der Waals surface area contributed by atoms with Crippen LogP contribution in [0.5, 0.6) is 17.2 Å². The number of nitrogens with two attached hydrogens (primary N) is 1. The van der Waals surface area contributed by atoms with Gasteiger partial charge >= 0.3 is 6.61 Å². The summed E-state index contributed by atoms with van der Waals surface area (Å²) in [5.74, 6) is -0.934. The number of halogens is 3. The van der Waals surface area contributed by atoms with E-state index >= 15 is 0 Å². The van der Waals surface area contributed by atoms with Crippen molar-refractivity contribution in [2.45, 2.75) is 18.5 Å². The predicted octanol–water partition coefficient (Wildman–Crippen LogP) is 4.93. The minimum atomic E-state index is -3.85. The first kappa shape index (κ1) is 23.7. The van der Waals surface area contributed by atoms with Gasteiger partial charge in [0.05, 0.1) is 11.3 Å². The summed E-state index contributed by atoms with van der Waals surface area (Å²) in [6.45, 7) is 0.448. The van der Waals surface area contributed by atoms with Gasteiger partial charge in [0.1, 0.15) is 24.3 Å². The zero-order valence-electron chi connectivity index (χ0n) is 17.7. The zero-order valence-corrected chi connectivity index (χ0v) is 18.5. The van der Waals surface area contributed by atoms with E-state index in [2.05, 4.69) is 6.58 Å². The molecular formula is C24H20F3NO5S. The summed E-state index contributed by atoms with van der Waals surface area (Å²) in [7, 11) is -3.85. The summed E-state index contributed by atoms with van der Waals surface area (Å²) in [5, 5.41) is 5.19. The van der Waals surface area contributed by atoms with Gasteiger partial charge in [-0.1, -0.05) is 43.0 Å². The minimum Gasteiger partial charge on any atom is -0.486 e. The summed E-state index contributed by atoms with van der Waals surface area (Å²) in [4.78, 5) is 0. The molecule has 1 atom stereocenters. The Balaban J connectivity index is 1.94. The van der Waals surface area contributed by atoms with E-state index < -0.39 is 34.3 Å². The first-order chi connectivity index (χ1) is 16.2. The van der Waals surface area contributed by atoms with Crippen molar-refractivity contribution >= 4 is 10.0 Å². The van der Waals surface area contributed by atoms with E-state index in [1.54, 1.807) is 24.3 Å². The summed E-state index contributed by atoms with van der Waals surface area (Å²) < 4.78 is 80.4. The maximum atomic E-state index is 14.0. The highest BCUT2D eigenvalue weighted by atomic mass is 32.2. The molecule has 0 radical (unpaired) electrons. The first-order valence-electron chi connectivity index (χ1n) is 10.1. The SMILES string of the molecule is C=CCOc1ccc2c(c1OC(F)F)-c1ccc(CS(N)(=O)=O)cc1C(c1cccc(F)c1)O2. The van der Waals surface area contributed by atoms with Crippen LogP contribution in [-0.2, 0) is 15.8 Å². The number of hydrogen-bond acceptors (Lipinski definition) is 5. The van der Waals surface area contributed by atoms with Gasteiger partial charge in [0.2, 0.25) is 10.0 Å². The Morgan fingerprint density at radius 1 is 1.15 bits per heavy atom. The molecule has 6 nitrogen and oxygen atoms in total. The van der Waals surface area contributed by atoms with Crippen molar-refractivity contribution in [2.75, 3.05) is 6.61 Å². The molecule has 0 saturated heterocycles. The monoisotopic (exact) mass is 491 g/mol. The summed E-state index contributed by atoms with van der Waals surface area (Å²) in [6, 6.07) is 13.3. The molecule has 3 aromatic carbocycles. The lowest BCUT2D eigenvalue weighted by Gasteiger charge is -2.31. The van der Waals surface area contributed by atoms with Crippen molar-refractivity contribution in [3.05, 3.63) is 89.8 Å². The van der Waals surface area contributed by atoms with Crippen molar-refractivity contribution in [3.8, 4) is 28.4 Å². The van der Waals surface area contributed by atoms with Crippen LogP contribution in [0, 0.1) is 5.82 Å². The van der Waals surface area contributed by atoms with E-state index in [0.29, 0.717) is 22.3 Å². The molecule has 34 heavy (non-hydrogen) atoms. The molecule has 0 bridgehead atoms. The molecule has 178 valence electrons. The Morgan fingerprint density at radius 3 is 2.62 bits per heavy atom. The van der Waals surface area contributed by atoms with Gasteiger partial charge in [0.25, 0.3) is 0 Å². The molecular weight excluding hydrogens is 471 g/mol. The number of hydrogen-bond donors (Lipinski definition) is 1. The highest BCUT2D eigenvalue weighted by Gasteiger charge is 2.33. The average Bonchev–Trinajstić information content (AvgIpc) is 2.76. The Kier molecular flexibility index (Phi) is 6.54. The van der Waals surface area contributed by atoms with Gasteiger partial charge in [0, 0.05) is 5.56 Å². The van der Waals surface area contributed by atoms with E-state index in [1.165, 1.54) is 36.4 Å². The lowest BCUT2D eigenvalue weighted by atomic mass is 9.88. The molecule has 1 aliphatic rings. The van der Waals surface area contributed by atoms with Gasteiger partial charge in [-0.3, -0.25) is 0 Å². The molecule has 4 rings (SSSR count). The van der Waals surface area contributed by atoms with E-state index in [4.69, 9.17) is 19.3 Å². The molecule has 1 aliphatic heterocycles. The fraction of sp³-hybridized carbons (Fsp3) is 0.167. The third-order valence-corrected chi connectivity index (χ3v) is 5.81. The number of alkyl halides is 2. The smallest absolute Gasteiger partial charge is 0.387 e. The van der Waals surface area contributed by atoms with Crippen molar-refractivity contribution in [2.24, 2.45) is 5.14 Å². The lowest BCUT2D eigenvalue weighted by molar-refractivity contribution is -0.0511. The third-order valence-electron chi connectivity index (χ3n) is 5.08. The second kappa shape index (κ2) is 9.40. The van der Waals surface area contributed by atoms with Crippen molar-refractivity contribution in [1.29, 1.82) is 0 Å². The molecule has 0 aromatic heterocycles. The van der Waals surface area contributed by atoms with Crippen LogP contribution in [0.3, 0.4) is 0 Å². The molecule has 3 aromatic rings. The Hall–Kier alpha value is -3.50. The molecule has 10 heteroatoms. The largest absolute Gasteiger partial charge is 0.486 e. The van der Waals surface area contributed by atoms with E-state index in [-0.39, 0.29) is 29.4 Å². The van der Waals surface area contributed by atoms with E-state index in [1.807, 2.05) is 0 Å². The number of primary sulfonamides is 1. The molecule has 0 saturated carbocycles. The van der Waals surface area contributed by atoms with Crippen LogP contribution in [0.4, 0.5) is 13.2 Å². The number of rotatable bonds is 8. The normalized spacial score (nSPS) is 14.7. The molecule has 2 N–H and O–H groups in total. The van der Waals surface area contributed by atoms with Gasteiger partial charge in [-0.25, -0.2) is 17.9 Å². The van der Waals surface area contributed by atoms with E-state index in [9.17, 15) is 21.6 Å². The Bertz CT molecular complexity index is 1340. The summed E-state index contributed by atoms with van der Waals surface area (Å²) >= 11 is 0. The van der Waals surface area contributed by atoms with Gasteiger partial charge in [-0.2, -0.15) is 8.78 Å². The second-order valence-corrected chi connectivity index (χ2v) is 9.14. The Morgan fingerprint density at radius 2 is 1.94 bits per heavy atom. The zero-order chi connectivity index (χ0) is 24.5. The van der Waals surface area contributed by atoms with Crippen molar-refractivity contribution in [3.63, 3.8) is 0 Å². The summed E-state index contributed by atoms with van der Waals surface area (Å²) in [6.07, 6.45) is 0.605. The summed E-state index contributed by atoms with van der Waals surface area (Å²) in [5.41, 5.74) is 1.87. The van der Waals surface area contributed by atoms with Crippen LogP contribution in [0.2, 0.25) is 0 Å². The highest BCUT2D eigenvalue weighted by Crippen LogP contribution is 2.52. The Labute approximate surface area is 194 Å². The number of fused-ring (bicyclic) bond motifs is 3. The lowest BCUT2D eigenvalue weighted by Crippen LogP contribution is -2.19. The van der Waals surface area contributed by atoms with Crippen LogP contribution in [-0.4, -0.2) is 21.6 Å². The van der Waals surface area contributed by atoms with Crippen LogP contribution < -0.4 is 19.3 Å². The highest BCUT2D eigenvalue weighted by molar-refractivity contribution is 7.88. The third kappa shape index (κ3) is 5.02. The maximum absolute atomic E-state index is 14.0. The number of ether oxygens (including phenoxy) is 3. The molecule has 0 amide bonds. The molecule has 0 spiro atoms. The molecule has 1 heterocycles. The van der Waals surface area contributed by atoms with Gasteiger partial charge in [0.15, 0.2) is 11.5 Å². The van der Waals surface area contributed by atoms with Gasteiger partial charge in [-0.05, 0) is 41.0 Å². The van der Waals surface area contributed by atoms with Gasteiger partial charge in [-0.15, -0.1) is 0 Å². The first-order valence-corrected chi connectivity index (χ1v) is 11.8. The van der Waals surface area contributed by atoms with Crippen LogP contribution in [0.25, 0.3) is 11.1 Å². The van der Waals surface area contributed by atoms with Crippen LogP contribution in [0.1, 0.15) is 22.8 Å². The fourth-order valence-corrected chi connectivity index (χ4v) is 4.50. The fourth-order valence-electron chi connectivity index (χ4n) is 3.85. The van der Waals surface area contributed by atoms with Crippen molar-refractivity contribution in [1.82, 2.24) is 0 Å². The number of benzene rings is 3. The van der Waals surface area contributed by atoms with Gasteiger partial charge < -0.3 is 14.2 Å². The quantitative estimate of drug-likeness (QED) is 0.452. The van der Waals surface area contributed by atoms with Crippen molar-refractivity contribution < 1.29 is 35.8 Å². The predicted molar refractivity (Wildman–Crippen MR) is 120 cm³/mol. The molecule has 0 aliphatic carbocycles. The minimum absolute atomic E-state index is 0.0469. The maximum Gasteiger partial charge on any atom is 0.387 e. The topological polar surface area (TPSA) is 87.9 Å². The van der Waals surface area contributed by atoms with Crippen LogP contribution in [0.15, 0.2) is 67.3 Å². The number of sulfonamides is 1. The molecule has 0 fully saturated rings. The van der Waals surface area contributed by atoms with E-state index in [0.717, 1.165) is 0 Å². The molecule has 1 unspecified atom stereocenters. The standard InChI is InChI=1S/C24H20F3NO5S/c1-2-10-31-20-9-8-19-21(23(20)33-24(26)27)17-7-6-14(13-34(28,29)30)11-18(17)22(32-19)15-4-3-5-16(25)12-15/h2-9,11-12,22,24H,1,10,13H2,(H2,28,29,30). The second-order valence-electron chi connectivity index (χ2n) is 7.53. The average molecular weight is 491 g/mol. The van der Waals surface area contributed by atoms with Crippen LogP contribution >= 0.6 is 0 Å².